The van der Waals surface area contributed by atoms with Gasteiger partial charge in [-0.05, 0) is 40.3 Å². The van der Waals surface area contributed by atoms with Gasteiger partial charge in [0.25, 0.3) is 0 Å². The van der Waals surface area contributed by atoms with Crippen LogP contribution in [0.25, 0.3) is 0 Å². The third-order valence-electron chi connectivity index (χ3n) is 1.39. The first-order valence-electron chi connectivity index (χ1n) is 3.14. The molecule has 0 spiro atoms. The standard InChI is InChI=1S/C7H9IN2O/c8-7-3-6(10-9)2-1-5(7)4-11/h1-3,10-11H,4,9H2. The van der Waals surface area contributed by atoms with E-state index in [2.05, 4.69) is 28.0 Å². The smallest absolute Gasteiger partial charge is 0.0692 e. The second-order valence-electron chi connectivity index (χ2n) is 2.11. The topological polar surface area (TPSA) is 58.3 Å². The van der Waals surface area contributed by atoms with Gasteiger partial charge in [-0.15, -0.1) is 0 Å². The molecule has 0 radical (unpaired) electrons. The molecule has 4 heteroatoms. The molecule has 0 fully saturated rings. The Morgan fingerprint density at radius 3 is 2.73 bits per heavy atom. The van der Waals surface area contributed by atoms with Crippen LogP contribution in [0.5, 0.6) is 0 Å². The summed E-state index contributed by atoms with van der Waals surface area (Å²) >= 11 is 2.15. The molecule has 0 aromatic heterocycles. The van der Waals surface area contributed by atoms with Crippen molar-refractivity contribution in [2.24, 2.45) is 5.84 Å². The van der Waals surface area contributed by atoms with E-state index in [1.165, 1.54) is 0 Å². The highest BCUT2D eigenvalue weighted by molar-refractivity contribution is 14.1. The minimum absolute atomic E-state index is 0.0725. The molecule has 0 unspecified atom stereocenters. The fourth-order valence-electron chi connectivity index (χ4n) is 0.765. The van der Waals surface area contributed by atoms with Crippen molar-refractivity contribution < 1.29 is 5.11 Å². The fraction of sp³-hybridized carbons (Fsp3) is 0.143. The average molecular weight is 264 g/mol. The molecule has 0 saturated heterocycles. The predicted molar refractivity (Wildman–Crippen MR) is 52.9 cm³/mol. The van der Waals surface area contributed by atoms with Crippen molar-refractivity contribution in [1.82, 2.24) is 0 Å². The molecule has 0 aliphatic carbocycles. The van der Waals surface area contributed by atoms with Crippen LogP contribution in [0.4, 0.5) is 5.69 Å². The number of nitrogens with two attached hydrogens (primary N) is 1. The third kappa shape index (κ3) is 2.05. The van der Waals surface area contributed by atoms with Gasteiger partial charge in [0.15, 0.2) is 0 Å². The number of anilines is 1. The summed E-state index contributed by atoms with van der Waals surface area (Å²) < 4.78 is 1.01. The molecule has 4 N–H and O–H groups in total. The quantitative estimate of drug-likeness (QED) is 0.425. The summed E-state index contributed by atoms with van der Waals surface area (Å²) in [4.78, 5) is 0. The lowest BCUT2D eigenvalue weighted by molar-refractivity contribution is 0.281. The van der Waals surface area contributed by atoms with Gasteiger partial charge in [-0.25, -0.2) is 0 Å². The Bertz CT molecular complexity index is 252. The number of rotatable bonds is 2. The molecular formula is C7H9IN2O. The Morgan fingerprint density at radius 2 is 2.27 bits per heavy atom. The van der Waals surface area contributed by atoms with Crippen molar-refractivity contribution >= 4 is 28.3 Å². The highest BCUT2D eigenvalue weighted by Crippen LogP contribution is 2.16. The van der Waals surface area contributed by atoms with Crippen molar-refractivity contribution in [3.63, 3.8) is 0 Å². The number of nitrogens with one attached hydrogen (secondary N) is 1. The number of hydrogen-bond acceptors (Lipinski definition) is 3. The molecule has 1 aromatic rings. The predicted octanol–water partition coefficient (Wildman–Crippen LogP) is 1.07. The summed E-state index contributed by atoms with van der Waals surface area (Å²) in [6.07, 6.45) is 0. The molecule has 0 aliphatic heterocycles. The summed E-state index contributed by atoms with van der Waals surface area (Å²) in [5.41, 5.74) is 4.31. The minimum atomic E-state index is 0.0725. The molecule has 0 heterocycles. The van der Waals surface area contributed by atoms with Crippen molar-refractivity contribution in [3.8, 4) is 0 Å². The van der Waals surface area contributed by atoms with E-state index in [0.29, 0.717) is 0 Å². The molecular weight excluding hydrogens is 255 g/mol. The number of nitrogen functional groups attached to an aromatic ring is 1. The lowest BCUT2D eigenvalue weighted by Gasteiger charge is -2.03. The lowest BCUT2D eigenvalue weighted by atomic mass is 10.2. The normalized spacial score (nSPS) is 9.73. The monoisotopic (exact) mass is 264 g/mol. The van der Waals surface area contributed by atoms with Gasteiger partial charge in [0.2, 0.25) is 0 Å². The molecule has 0 amide bonds. The Labute approximate surface area is 78.7 Å². The first-order valence-corrected chi connectivity index (χ1v) is 4.21. The largest absolute Gasteiger partial charge is 0.392 e. The van der Waals surface area contributed by atoms with Gasteiger partial charge in [-0.2, -0.15) is 0 Å². The maximum absolute atomic E-state index is 8.83. The van der Waals surface area contributed by atoms with Gasteiger partial charge in [0, 0.05) is 9.26 Å². The zero-order valence-electron chi connectivity index (χ0n) is 5.84. The highest BCUT2D eigenvalue weighted by Gasteiger charge is 1.97. The van der Waals surface area contributed by atoms with E-state index >= 15 is 0 Å². The number of benzene rings is 1. The summed E-state index contributed by atoms with van der Waals surface area (Å²) in [5.74, 6) is 5.19. The lowest BCUT2D eigenvalue weighted by Crippen LogP contribution is -2.06. The second-order valence-corrected chi connectivity index (χ2v) is 3.27. The third-order valence-corrected chi connectivity index (χ3v) is 2.39. The van der Waals surface area contributed by atoms with Gasteiger partial charge in [0.1, 0.15) is 0 Å². The first-order chi connectivity index (χ1) is 5.27. The maximum Gasteiger partial charge on any atom is 0.0692 e. The van der Waals surface area contributed by atoms with Crippen molar-refractivity contribution in [2.45, 2.75) is 6.61 Å². The van der Waals surface area contributed by atoms with Crippen LogP contribution in [0.15, 0.2) is 18.2 Å². The van der Waals surface area contributed by atoms with Gasteiger partial charge < -0.3 is 10.5 Å². The van der Waals surface area contributed by atoms with E-state index in [9.17, 15) is 0 Å². The first kappa shape index (κ1) is 8.76. The Hall–Kier alpha value is -0.330. The van der Waals surface area contributed by atoms with E-state index in [0.717, 1.165) is 14.8 Å². The van der Waals surface area contributed by atoms with Crippen molar-refractivity contribution in [1.29, 1.82) is 0 Å². The van der Waals surface area contributed by atoms with Gasteiger partial charge in [0.05, 0.1) is 6.61 Å². The minimum Gasteiger partial charge on any atom is -0.392 e. The van der Waals surface area contributed by atoms with Crippen LogP contribution >= 0.6 is 22.6 Å². The van der Waals surface area contributed by atoms with Gasteiger partial charge in [-0.3, -0.25) is 5.84 Å². The Balaban J connectivity index is 2.99. The molecule has 0 saturated carbocycles. The average Bonchev–Trinajstić information content (AvgIpc) is 2.04. The van der Waals surface area contributed by atoms with Crippen LogP contribution in [0.1, 0.15) is 5.56 Å². The fourth-order valence-corrected chi connectivity index (χ4v) is 1.45. The van der Waals surface area contributed by atoms with Gasteiger partial charge in [-0.1, -0.05) is 6.07 Å². The number of hydrazine groups is 1. The molecule has 1 aromatic carbocycles. The molecule has 0 aliphatic rings. The summed E-state index contributed by atoms with van der Waals surface area (Å²) in [5, 5.41) is 8.83. The summed E-state index contributed by atoms with van der Waals surface area (Å²) in [6.45, 7) is 0.0725. The van der Waals surface area contributed by atoms with Gasteiger partial charge >= 0.3 is 0 Å². The number of aliphatic hydroxyl groups excluding tert-OH is 1. The molecule has 1 rings (SSSR count). The molecule has 11 heavy (non-hydrogen) atoms. The van der Waals surface area contributed by atoms with E-state index in [4.69, 9.17) is 10.9 Å². The van der Waals surface area contributed by atoms with Crippen LogP contribution in [0, 0.1) is 3.57 Å². The van der Waals surface area contributed by atoms with Crippen LogP contribution < -0.4 is 11.3 Å². The van der Waals surface area contributed by atoms with Crippen molar-refractivity contribution in [2.75, 3.05) is 5.43 Å². The highest BCUT2D eigenvalue weighted by atomic mass is 127. The number of halogens is 1. The van der Waals surface area contributed by atoms with E-state index in [-0.39, 0.29) is 6.61 Å². The van der Waals surface area contributed by atoms with E-state index < -0.39 is 0 Å². The zero-order valence-corrected chi connectivity index (χ0v) is 8.00. The van der Waals surface area contributed by atoms with Crippen LogP contribution in [0.2, 0.25) is 0 Å². The molecule has 0 bridgehead atoms. The number of aliphatic hydroxyl groups is 1. The molecule has 3 nitrogen and oxygen atoms in total. The summed E-state index contributed by atoms with van der Waals surface area (Å²) in [7, 11) is 0. The van der Waals surface area contributed by atoms with Crippen LogP contribution in [-0.4, -0.2) is 5.11 Å². The SMILES string of the molecule is NNc1ccc(CO)c(I)c1. The summed E-state index contributed by atoms with van der Waals surface area (Å²) in [6, 6.07) is 5.55. The van der Waals surface area contributed by atoms with Crippen LogP contribution in [-0.2, 0) is 6.61 Å². The number of hydrogen-bond donors (Lipinski definition) is 3. The second kappa shape index (κ2) is 3.89. The van der Waals surface area contributed by atoms with E-state index in [1.807, 2.05) is 18.2 Å². The van der Waals surface area contributed by atoms with E-state index in [1.54, 1.807) is 0 Å². The zero-order chi connectivity index (χ0) is 8.27. The maximum atomic E-state index is 8.83. The Kier molecular flexibility index (Phi) is 3.10. The van der Waals surface area contributed by atoms with Crippen LogP contribution in [0.3, 0.4) is 0 Å². The Morgan fingerprint density at radius 1 is 1.55 bits per heavy atom. The molecule has 60 valence electrons. The van der Waals surface area contributed by atoms with Crippen molar-refractivity contribution in [3.05, 3.63) is 27.3 Å². The molecule has 0 atom stereocenters.